The monoisotopic (exact) mass is 589 g/mol. The van der Waals surface area contributed by atoms with Gasteiger partial charge >= 0.3 is 0 Å². The van der Waals surface area contributed by atoms with E-state index in [0.29, 0.717) is 5.71 Å². The van der Waals surface area contributed by atoms with Crippen molar-refractivity contribution in [2.75, 3.05) is 0 Å². The Labute approximate surface area is 265 Å². The summed E-state index contributed by atoms with van der Waals surface area (Å²) in [6.45, 7) is 0. The molecule has 0 spiro atoms. The molecule has 0 saturated heterocycles. The molecule has 46 heavy (non-hydrogen) atoms. The van der Waals surface area contributed by atoms with Crippen LogP contribution < -0.4 is 0 Å². The van der Waals surface area contributed by atoms with Crippen LogP contribution in [0.5, 0.6) is 0 Å². The van der Waals surface area contributed by atoms with Gasteiger partial charge in [0.05, 0.1) is 28.0 Å². The zero-order valence-electron chi connectivity index (χ0n) is 24.8. The van der Waals surface area contributed by atoms with E-state index < -0.39 is 0 Å². The highest BCUT2D eigenvalue weighted by molar-refractivity contribution is 6.09. The number of nitrogens with zero attached hydrogens (tertiary/aromatic N) is 3. The Morgan fingerprint density at radius 1 is 0.435 bits per heavy atom. The van der Waals surface area contributed by atoms with Gasteiger partial charge in [-0.05, 0) is 41.5 Å². The predicted molar refractivity (Wildman–Crippen MR) is 188 cm³/mol. The van der Waals surface area contributed by atoms with Gasteiger partial charge in [-0.1, -0.05) is 133 Å². The lowest BCUT2D eigenvalue weighted by Gasteiger charge is -2.19. The highest BCUT2D eigenvalue weighted by atomic mass is 16.3. The molecule has 3 aromatic heterocycles. The molecule has 0 bridgehead atoms. The van der Waals surface area contributed by atoms with Crippen LogP contribution in [-0.4, -0.2) is 14.5 Å². The van der Waals surface area contributed by atoms with Crippen LogP contribution in [0, 0.1) is 0 Å². The topological polar surface area (TPSA) is 43.9 Å². The summed E-state index contributed by atoms with van der Waals surface area (Å²) in [5.74, 6) is 0.815. The van der Waals surface area contributed by atoms with Crippen LogP contribution in [0.15, 0.2) is 168 Å². The maximum absolute atomic E-state index is 6.65. The first-order chi connectivity index (χ1) is 22.8. The quantitative estimate of drug-likeness (QED) is 0.201. The summed E-state index contributed by atoms with van der Waals surface area (Å²) >= 11 is 0. The molecule has 0 aliphatic rings. The molecule has 6 aromatic carbocycles. The molecule has 0 fully saturated rings. The van der Waals surface area contributed by atoms with E-state index in [9.17, 15) is 0 Å². The van der Waals surface area contributed by atoms with Gasteiger partial charge in [0.15, 0.2) is 0 Å². The Morgan fingerprint density at radius 2 is 1.02 bits per heavy atom. The summed E-state index contributed by atoms with van der Waals surface area (Å²) in [5.41, 5.74) is 11.8. The van der Waals surface area contributed by atoms with Crippen molar-refractivity contribution < 1.29 is 4.42 Å². The van der Waals surface area contributed by atoms with Gasteiger partial charge in [0.2, 0.25) is 5.71 Å². The Balaban J connectivity index is 1.36. The lowest BCUT2D eigenvalue weighted by molar-refractivity contribution is 0.655. The molecule has 0 aliphatic carbocycles. The first kappa shape index (κ1) is 26.2. The molecule has 9 aromatic rings. The first-order valence-corrected chi connectivity index (χ1v) is 15.4. The molecule has 0 amide bonds. The summed E-state index contributed by atoms with van der Waals surface area (Å²) in [6.07, 6.45) is 0. The lowest BCUT2D eigenvalue weighted by Crippen LogP contribution is -2.03. The van der Waals surface area contributed by atoms with Gasteiger partial charge in [0, 0.05) is 27.5 Å². The molecule has 0 aliphatic heterocycles. The molecule has 0 saturated carbocycles. The van der Waals surface area contributed by atoms with Crippen molar-refractivity contribution in [3.05, 3.63) is 164 Å². The molecule has 0 radical (unpaired) electrons. The molecule has 0 unspecified atom stereocenters. The molecule has 0 N–H and O–H groups in total. The second-order valence-electron chi connectivity index (χ2n) is 11.4. The summed E-state index contributed by atoms with van der Waals surface area (Å²) in [6, 6.07) is 56.7. The van der Waals surface area contributed by atoms with Crippen molar-refractivity contribution in [3.63, 3.8) is 0 Å². The second kappa shape index (κ2) is 10.7. The number of aromatic nitrogens is 3. The summed E-state index contributed by atoms with van der Waals surface area (Å²) in [7, 11) is 0. The molecular weight excluding hydrogens is 562 g/mol. The largest absolute Gasteiger partial charge is 0.437 e. The minimum absolute atomic E-state index is 0.612. The van der Waals surface area contributed by atoms with Crippen molar-refractivity contribution >= 4 is 33.1 Å². The fraction of sp³-hybridized carbons (Fsp3) is 0. The molecule has 4 heteroatoms. The number of imidazole rings is 1. The van der Waals surface area contributed by atoms with Gasteiger partial charge < -0.3 is 4.42 Å². The zero-order chi connectivity index (χ0) is 30.5. The van der Waals surface area contributed by atoms with Crippen molar-refractivity contribution in [2.24, 2.45) is 0 Å². The Morgan fingerprint density at radius 3 is 1.72 bits per heavy atom. The Bertz CT molecular complexity index is 2460. The molecule has 3 heterocycles. The number of hydrogen-bond donors (Lipinski definition) is 0. The minimum Gasteiger partial charge on any atom is -0.437 e. The van der Waals surface area contributed by atoms with Crippen LogP contribution in [0.2, 0.25) is 0 Å². The smallest absolute Gasteiger partial charge is 0.227 e. The highest BCUT2D eigenvalue weighted by Gasteiger charge is 2.24. The summed E-state index contributed by atoms with van der Waals surface area (Å²) < 4.78 is 8.96. The maximum Gasteiger partial charge on any atom is 0.227 e. The van der Waals surface area contributed by atoms with E-state index in [0.717, 1.165) is 78.0 Å². The van der Waals surface area contributed by atoms with E-state index in [2.05, 4.69) is 144 Å². The normalized spacial score (nSPS) is 11.5. The number of furan rings is 1. The van der Waals surface area contributed by atoms with Crippen LogP contribution in [0.4, 0.5) is 0 Å². The van der Waals surface area contributed by atoms with Gasteiger partial charge in [-0.25, -0.2) is 9.97 Å². The van der Waals surface area contributed by atoms with Crippen LogP contribution in [-0.2, 0) is 0 Å². The van der Waals surface area contributed by atoms with Gasteiger partial charge in [-0.3, -0.25) is 4.57 Å². The Hall–Kier alpha value is -6.26. The number of pyridine rings is 1. The zero-order valence-corrected chi connectivity index (χ0v) is 24.8. The van der Waals surface area contributed by atoms with Gasteiger partial charge in [-0.2, -0.15) is 0 Å². The summed E-state index contributed by atoms with van der Waals surface area (Å²) in [4.78, 5) is 10.3. The SMILES string of the molecule is c1ccc(-c2ccc3c(n2)oc2c(-c4nc5ccccc5n4-c4c(-c5ccccc5)cccc4-c4ccccc4)cccc23)cc1. The molecule has 0 atom stereocenters. The number of hydrogen-bond acceptors (Lipinski definition) is 3. The molecule has 216 valence electrons. The van der Waals surface area contributed by atoms with E-state index in [1.807, 2.05) is 24.3 Å². The van der Waals surface area contributed by atoms with Gasteiger partial charge in [-0.15, -0.1) is 0 Å². The minimum atomic E-state index is 0.612. The number of fused-ring (bicyclic) bond motifs is 4. The fourth-order valence-corrected chi connectivity index (χ4v) is 6.54. The average molecular weight is 590 g/mol. The average Bonchev–Trinajstić information content (AvgIpc) is 3.71. The number of rotatable bonds is 5. The molecule has 9 rings (SSSR count). The van der Waals surface area contributed by atoms with E-state index >= 15 is 0 Å². The number of benzene rings is 6. The van der Waals surface area contributed by atoms with Crippen molar-refractivity contribution in [1.29, 1.82) is 0 Å². The van der Waals surface area contributed by atoms with Gasteiger partial charge in [0.25, 0.3) is 0 Å². The van der Waals surface area contributed by atoms with E-state index in [1.54, 1.807) is 0 Å². The highest BCUT2D eigenvalue weighted by Crippen LogP contribution is 2.42. The third-order valence-corrected chi connectivity index (χ3v) is 8.66. The lowest BCUT2D eigenvalue weighted by atomic mass is 9.95. The Kier molecular flexibility index (Phi) is 6.10. The van der Waals surface area contributed by atoms with E-state index in [1.165, 1.54) is 0 Å². The first-order valence-electron chi connectivity index (χ1n) is 15.4. The maximum atomic E-state index is 6.65. The third-order valence-electron chi connectivity index (χ3n) is 8.66. The standard InChI is InChI=1S/C42H27N3O/c1-4-14-28(15-5-1)31-20-12-21-32(29-16-6-2-7-17-29)39(31)45-38-25-11-10-24-37(38)43-41(45)35-23-13-22-33-34-26-27-36(30-18-8-3-9-19-30)44-42(34)46-40(33)35/h1-27H. The fourth-order valence-electron chi connectivity index (χ4n) is 6.54. The van der Waals surface area contributed by atoms with Crippen molar-refractivity contribution in [2.45, 2.75) is 0 Å². The van der Waals surface area contributed by atoms with Crippen molar-refractivity contribution in [1.82, 2.24) is 14.5 Å². The van der Waals surface area contributed by atoms with Gasteiger partial charge in [0.1, 0.15) is 11.4 Å². The van der Waals surface area contributed by atoms with Crippen molar-refractivity contribution in [3.8, 4) is 50.6 Å². The van der Waals surface area contributed by atoms with E-state index in [4.69, 9.17) is 14.4 Å². The number of para-hydroxylation sites is 4. The van der Waals surface area contributed by atoms with Crippen LogP contribution in [0.3, 0.4) is 0 Å². The molecular formula is C42H27N3O. The second-order valence-corrected chi connectivity index (χ2v) is 11.4. The van der Waals surface area contributed by atoms with Crippen LogP contribution >= 0.6 is 0 Å². The van der Waals surface area contributed by atoms with Crippen LogP contribution in [0.25, 0.3) is 83.7 Å². The molecule has 4 nitrogen and oxygen atoms in total. The van der Waals surface area contributed by atoms with E-state index in [-0.39, 0.29) is 0 Å². The summed E-state index contributed by atoms with van der Waals surface area (Å²) in [5, 5.41) is 1.99. The van der Waals surface area contributed by atoms with Crippen LogP contribution in [0.1, 0.15) is 0 Å². The third kappa shape index (κ3) is 4.23. The predicted octanol–water partition coefficient (Wildman–Crippen LogP) is 11.0.